The standard InChI is InChI=1S/C12H27NO/c1-4-9-12(2,3)13-10-7-5-6-8-11-14/h13-14H,4-11H2,1-3H3. The Morgan fingerprint density at radius 1 is 1.07 bits per heavy atom. The zero-order valence-corrected chi connectivity index (χ0v) is 10.1. The van der Waals surface area contributed by atoms with Crippen molar-refractivity contribution in [1.82, 2.24) is 5.32 Å². The van der Waals surface area contributed by atoms with Crippen molar-refractivity contribution < 1.29 is 5.11 Å². The average molecular weight is 201 g/mol. The summed E-state index contributed by atoms with van der Waals surface area (Å²) in [4.78, 5) is 0. The second-order valence-electron chi connectivity index (χ2n) is 4.70. The average Bonchev–Trinajstić information content (AvgIpc) is 2.11. The first-order valence-corrected chi connectivity index (χ1v) is 5.98. The predicted molar refractivity (Wildman–Crippen MR) is 62.5 cm³/mol. The summed E-state index contributed by atoms with van der Waals surface area (Å²) in [6.07, 6.45) is 7.06. The monoisotopic (exact) mass is 201 g/mol. The summed E-state index contributed by atoms with van der Waals surface area (Å²) >= 11 is 0. The molecule has 86 valence electrons. The molecule has 0 aliphatic rings. The lowest BCUT2D eigenvalue weighted by atomic mass is 9.99. The molecular formula is C12H27NO. The number of aliphatic hydroxyl groups is 1. The predicted octanol–water partition coefficient (Wildman–Crippen LogP) is 2.71. The highest BCUT2D eigenvalue weighted by Crippen LogP contribution is 2.10. The second-order valence-corrected chi connectivity index (χ2v) is 4.70. The van der Waals surface area contributed by atoms with E-state index in [0.29, 0.717) is 12.1 Å². The fraction of sp³-hybridized carbons (Fsp3) is 1.00. The van der Waals surface area contributed by atoms with Crippen LogP contribution in [0.5, 0.6) is 0 Å². The largest absolute Gasteiger partial charge is 0.396 e. The Balaban J connectivity index is 3.26. The maximum atomic E-state index is 8.61. The van der Waals surface area contributed by atoms with Gasteiger partial charge in [-0.15, -0.1) is 0 Å². The molecule has 0 fully saturated rings. The Bertz CT molecular complexity index is 123. The number of hydrogen-bond acceptors (Lipinski definition) is 2. The molecule has 0 saturated carbocycles. The van der Waals surface area contributed by atoms with Gasteiger partial charge in [0.05, 0.1) is 0 Å². The molecule has 0 saturated heterocycles. The van der Waals surface area contributed by atoms with E-state index in [1.54, 1.807) is 0 Å². The molecule has 0 aromatic carbocycles. The van der Waals surface area contributed by atoms with Crippen molar-refractivity contribution in [3.8, 4) is 0 Å². The SMILES string of the molecule is CCCC(C)(C)NCCCCCCO. The van der Waals surface area contributed by atoms with Crippen molar-refractivity contribution in [2.24, 2.45) is 0 Å². The summed E-state index contributed by atoms with van der Waals surface area (Å²) in [5.74, 6) is 0. The van der Waals surface area contributed by atoms with Gasteiger partial charge in [0.2, 0.25) is 0 Å². The molecule has 0 aliphatic carbocycles. The van der Waals surface area contributed by atoms with Gasteiger partial charge in [-0.25, -0.2) is 0 Å². The van der Waals surface area contributed by atoms with Crippen LogP contribution in [0.25, 0.3) is 0 Å². The fourth-order valence-electron chi connectivity index (χ4n) is 1.73. The van der Waals surface area contributed by atoms with Crippen LogP contribution in [-0.4, -0.2) is 23.8 Å². The molecule has 2 heteroatoms. The molecule has 0 aromatic heterocycles. The molecule has 0 spiro atoms. The first-order chi connectivity index (χ1) is 6.62. The number of nitrogens with one attached hydrogen (secondary N) is 1. The third kappa shape index (κ3) is 8.52. The number of aliphatic hydroxyl groups excluding tert-OH is 1. The van der Waals surface area contributed by atoms with Gasteiger partial charge in [0.1, 0.15) is 0 Å². The van der Waals surface area contributed by atoms with Crippen molar-refractivity contribution in [3.05, 3.63) is 0 Å². The van der Waals surface area contributed by atoms with Gasteiger partial charge in [0, 0.05) is 12.1 Å². The Labute approximate surface area is 89.1 Å². The van der Waals surface area contributed by atoms with E-state index in [1.165, 1.54) is 25.7 Å². The van der Waals surface area contributed by atoms with Crippen LogP contribution in [0.15, 0.2) is 0 Å². The van der Waals surface area contributed by atoms with Crippen molar-refractivity contribution in [1.29, 1.82) is 0 Å². The molecule has 2 nitrogen and oxygen atoms in total. The molecule has 0 radical (unpaired) electrons. The lowest BCUT2D eigenvalue weighted by molar-refractivity contribution is 0.281. The summed E-state index contributed by atoms with van der Waals surface area (Å²) in [5.41, 5.74) is 0.297. The van der Waals surface area contributed by atoms with E-state index in [0.717, 1.165) is 19.4 Å². The smallest absolute Gasteiger partial charge is 0.0431 e. The molecule has 0 aromatic rings. The van der Waals surface area contributed by atoms with E-state index >= 15 is 0 Å². The Morgan fingerprint density at radius 3 is 2.29 bits per heavy atom. The van der Waals surface area contributed by atoms with Gasteiger partial charge in [0.25, 0.3) is 0 Å². The van der Waals surface area contributed by atoms with Crippen LogP contribution < -0.4 is 5.32 Å². The molecule has 0 bridgehead atoms. The van der Waals surface area contributed by atoms with Crippen LogP contribution in [0.1, 0.15) is 59.3 Å². The minimum absolute atomic E-state index is 0.297. The molecule has 0 heterocycles. The molecule has 0 aliphatic heterocycles. The van der Waals surface area contributed by atoms with Crippen molar-refractivity contribution in [2.45, 2.75) is 64.8 Å². The van der Waals surface area contributed by atoms with E-state index in [4.69, 9.17) is 5.11 Å². The van der Waals surface area contributed by atoms with E-state index in [-0.39, 0.29) is 0 Å². The Kier molecular flexibility index (Phi) is 8.20. The zero-order valence-electron chi connectivity index (χ0n) is 10.1. The van der Waals surface area contributed by atoms with Gasteiger partial charge in [0.15, 0.2) is 0 Å². The number of rotatable bonds is 9. The van der Waals surface area contributed by atoms with Gasteiger partial charge < -0.3 is 10.4 Å². The Morgan fingerprint density at radius 2 is 1.71 bits per heavy atom. The van der Waals surface area contributed by atoms with E-state index in [2.05, 4.69) is 26.1 Å². The minimum Gasteiger partial charge on any atom is -0.396 e. The molecule has 0 atom stereocenters. The van der Waals surface area contributed by atoms with E-state index < -0.39 is 0 Å². The van der Waals surface area contributed by atoms with Gasteiger partial charge in [-0.2, -0.15) is 0 Å². The topological polar surface area (TPSA) is 32.3 Å². The first-order valence-electron chi connectivity index (χ1n) is 5.98. The molecule has 14 heavy (non-hydrogen) atoms. The van der Waals surface area contributed by atoms with Crippen molar-refractivity contribution in [3.63, 3.8) is 0 Å². The highest BCUT2D eigenvalue weighted by atomic mass is 16.2. The zero-order chi connectivity index (χ0) is 10.9. The maximum absolute atomic E-state index is 8.61. The van der Waals surface area contributed by atoms with Gasteiger partial charge >= 0.3 is 0 Å². The van der Waals surface area contributed by atoms with Crippen LogP contribution >= 0.6 is 0 Å². The van der Waals surface area contributed by atoms with Crippen LogP contribution in [0, 0.1) is 0 Å². The van der Waals surface area contributed by atoms with Crippen LogP contribution in [0.2, 0.25) is 0 Å². The summed E-state index contributed by atoms with van der Waals surface area (Å²) in [7, 11) is 0. The summed E-state index contributed by atoms with van der Waals surface area (Å²) in [6, 6.07) is 0. The summed E-state index contributed by atoms with van der Waals surface area (Å²) in [6.45, 7) is 8.21. The van der Waals surface area contributed by atoms with Crippen LogP contribution in [0.4, 0.5) is 0 Å². The Hall–Kier alpha value is -0.0800. The highest BCUT2D eigenvalue weighted by Gasteiger charge is 2.13. The van der Waals surface area contributed by atoms with Gasteiger partial charge in [-0.1, -0.05) is 26.2 Å². The second kappa shape index (κ2) is 8.25. The van der Waals surface area contributed by atoms with Gasteiger partial charge in [-0.3, -0.25) is 0 Å². The van der Waals surface area contributed by atoms with E-state index in [1.807, 2.05) is 0 Å². The van der Waals surface area contributed by atoms with Crippen molar-refractivity contribution in [2.75, 3.05) is 13.2 Å². The van der Waals surface area contributed by atoms with Crippen LogP contribution in [-0.2, 0) is 0 Å². The molecule has 2 N–H and O–H groups in total. The van der Waals surface area contributed by atoms with Crippen molar-refractivity contribution >= 4 is 0 Å². The normalized spacial score (nSPS) is 12.0. The third-order valence-electron chi connectivity index (χ3n) is 2.56. The summed E-state index contributed by atoms with van der Waals surface area (Å²) < 4.78 is 0. The van der Waals surface area contributed by atoms with Gasteiger partial charge in [-0.05, 0) is 39.7 Å². The minimum atomic E-state index is 0.297. The molecule has 0 rings (SSSR count). The third-order valence-corrected chi connectivity index (χ3v) is 2.56. The molecule has 0 unspecified atom stereocenters. The quantitative estimate of drug-likeness (QED) is 0.562. The number of unbranched alkanes of at least 4 members (excludes halogenated alkanes) is 3. The lowest BCUT2D eigenvalue weighted by Gasteiger charge is -2.25. The van der Waals surface area contributed by atoms with Crippen LogP contribution in [0.3, 0.4) is 0 Å². The number of hydrogen-bond donors (Lipinski definition) is 2. The molecular weight excluding hydrogens is 174 g/mol. The fourth-order valence-corrected chi connectivity index (χ4v) is 1.73. The van der Waals surface area contributed by atoms with E-state index in [9.17, 15) is 0 Å². The summed E-state index contributed by atoms with van der Waals surface area (Å²) in [5, 5.41) is 12.2. The lowest BCUT2D eigenvalue weighted by Crippen LogP contribution is -2.39. The first kappa shape index (κ1) is 13.9. The molecule has 0 amide bonds. The maximum Gasteiger partial charge on any atom is 0.0431 e. The highest BCUT2D eigenvalue weighted by molar-refractivity contribution is 4.76.